The van der Waals surface area contributed by atoms with E-state index in [1.165, 1.54) is 6.42 Å². The Labute approximate surface area is 171 Å². The van der Waals surface area contributed by atoms with Gasteiger partial charge in [0.2, 0.25) is 0 Å². The highest BCUT2D eigenvalue weighted by atomic mass is 16.5. The Morgan fingerprint density at radius 3 is 2.21 bits per heavy atom. The van der Waals surface area contributed by atoms with Gasteiger partial charge in [0.1, 0.15) is 0 Å². The smallest absolute Gasteiger partial charge is 0.339 e. The Kier molecular flexibility index (Phi) is 6.81. The lowest BCUT2D eigenvalue weighted by Crippen LogP contribution is -2.42. The third-order valence-electron chi connectivity index (χ3n) is 5.31. The summed E-state index contributed by atoms with van der Waals surface area (Å²) in [5.41, 5.74) is 1.97. The van der Waals surface area contributed by atoms with Gasteiger partial charge in [-0.1, -0.05) is 67.3 Å². The number of amides is 1. The second-order valence-electron chi connectivity index (χ2n) is 7.63. The number of rotatable bonds is 6. The molecule has 1 saturated carbocycles. The SMILES string of the molecule is Cc1ccc(C(=O)c2ccccc2C(=O)O[C@H](C)C(=O)NC2CCCCC2)cc1. The van der Waals surface area contributed by atoms with Crippen molar-refractivity contribution in [2.75, 3.05) is 0 Å². The number of esters is 1. The van der Waals surface area contributed by atoms with Gasteiger partial charge in [0, 0.05) is 17.2 Å². The minimum Gasteiger partial charge on any atom is -0.449 e. The van der Waals surface area contributed by atoms with Crippen molar-refractivity contribution in [2.45, 2.75) is 58.1 Å². The van der Waals surface area contributed by atoms with Crippen molar-refractivity contribution >= 4 is 17.7 Å². The van der Waals surface area contributed by atoms with Gasteiger partial charge >= 0.3 is 5.97 Å². The topological polar surface area (TPSA) is 72.5 Å². The molecule has 1 atom stereocenters. The number of ether oxygens (including phenoxy) is 1. The summed E-state index contributed by atoms with van der Waals surface area (Å²) >= 11 is 0. The van der Waals surface area contributed by atoms with Crippen molar-refractivity contribution in [2.24, 2.45) is 0 Å². The molecule has 1 N–H and O–H groups in total. The highest BCUT2D eigenvalue weighted by molar-refractivity contribution is 6.14. The van der Waals surface area contributed by atoms with Crippen LogP contribution in [0, 0.1) is 6.92 Å². The fraction of sp³-hybridized carbons (Fsp3) is 0.375. The van der Waals surface area contributed by atoms with Crippen LogP contribution in [0.3, 0.4) is 0 Å². The largest absolute Gasteiger partial charge is 0.449 e. The van der Waals surface area contributed by atoms with E-state index >= 15 is 0 Å². The molecule has 29 heavy (non-hydrogen) atoms. The summed E-state index contributed by atoms with van der Waals surface area (Å²) in [6.07, 6.45) is 4.40. The Balaban J connectivity index is 1.70. The number of benzene rings is 2. The second kappa shape index (κ2) is 9.50. The maximum atomic E-state index is 12.9. The van der Waals surface area contributed by atoms with Crippen LogP contribution in [-0.2, 0) is 9.53 Å². The lowest BCUT2D eigenvalue weighted by Gasteiger charge is -2.24. The third kappa shape index (κ3) is 5.31. The summed E-state index contributed by atoms with van der Waals surface area (Å²) in [6, 6.07) is 13.9. The van der Waals surface area contributed by atoms with Crippen molar-refractivity contribution in [1.29, 1.82) is 0 Å². The Hall–Kier alpha value is -2.95. The van der Waals surface area contributed by atoms with Crippen LogP contribution in [-0.4, -0.2) is 29.8 Å². The van der Waals surface area contributed by atoms with Crippen molar-refractivity contribution in [3.05, 3.63) is 70.8 Å². The molecule has 0 unspecified atom stereocenters. The zero-order valence-electron chi connectivity index (χ0n) is 16.9. The minimum absolute atomic E-state index is 0.146. The van der Waals surface area contributed by atoms with Crippen molar-refractivity contribution in [3.8, 4) is 0 Å². The number of hydrogen-bond donors (Lipinski definition) is 1. The van der Waals surface area contributed by atoms with E-state index < -0.39 is 12.1 Å². The van der Waals surface area contributed by atoms with Gasteiger partial charge in [-0.05, 0) is 32.8 Å². The van der Waals surface area contributed by atoms with Crippen LogP contribution in [0.25, 0.3) is 0 Å². The van der Waals surface area contributed by atoms with Gasteiger partial charge in [-0.25, -0.2) is 4.79 Å². The van der Waals surface area contributed by atoms with Crippen LogP contribution in [0.5, 0.6) is 0 Å². The summed E-state index contributed by atoms with van der Waals surface area (Å²) in [4.78, 5) is 38.0. The zero-order valence-corrected chi connectivity index (χ0v) is 16.9. The van der Waals surface area contributed by atoms with E-state index in [2.05, 4.69) is 5.32 Å². The molecule has 1 aliphatic rings. The van der Waals surface area contributed by atoms with Gasteiger partial charge in [-0.2, -0.15) is 0 Å². The van der Waals surface area contributed by atoms with Crippen molar-refractivity contribution in [3.63, 3.8) is 0 Å². The number of carbonyl (C=O) groups is 3. The molecule has 0 aliphatic heterocycles. The van der Waals surface area contributed by atoms with E-state index in [0.29, 0.717) is 5.56 Å². The predicted molar refractivity (Wildman–Crippen MR) is 111 cm³/mol. The molecule has 1 fully saturated rings. The maximum Gasteiger partial charge on any atom is 0.339 e. The van der Waals surface area contributed by atoms with Gasteiger partial charge in [0.25, 0.3) is 5.91 Å². The summed E-state index contributed by atoms with van der Waals surface area (Å²) in [7, 11) is 0. The van der Waals surface area contributed by atoms with Crippen molar-refractivity contribution < 1.29 is 19.1 Å². The highest BCUT2D eigenvalue weighted by Crippen LogP contribution is 2.19. The first-order valence-electron chi connectivity index (χ1n) is 10.2. The molecule has 1 aliphatic carbocycles. The maximum absolute atomic E-state index is 12.9. The summed E-state index contributed by atoms with van der Waals surface area (Å²) in [5, 5.41) is 2.96. The molecule has 3 rings (SSSR count). The number of carbonyl (C=O) groups excluding carboxylic acids is 3. The minimum atomic E-state index is -0.924. The Bertz CT molecular complexity index is 882. The van der Waals surface area contributed by atoms with E-state index in [0.717, 1.165) is 31.2 Å². The molecule has 0 heterocycles. The Morgan fingerprint density at radius 1 is 0.931 bits per heavy atom. The predicted octanol–water partition coefficient (Wildman–Crippen LogP) is 4.22. The molecule has 0 aromatic heterocycles. The average Bonchev–Trinajstić information content (AvgIpc) is 2.74. The fourth-order valence-corrected chi connectivity index (χ4v) is 3.56. The monoisotopic (exact) mass is 393 g/mol. The Morgan fingerprint density at radius 2 is 1.55 bits per heavy atom. The lowest BCUT2D eigenvalue weighted by atomic mass is 9.95. The van der Waals surface area contributed by atoms with Gasteiger partial charge in [-0.3, -0.25) is 9.59 Å². The van der Waals surface area contributed by atoms with E-state index in [1.54, 1.807) is 43.3 Å². The molecular formula is C24H27NO4. The third-order valence-corrected chi connectivity index (χ3v) is 5.31. The first kappa shape index (κ1) is 20.8. The van der Waals surface area contributed by atoms with Gasteiger partial charge in [0.05, 0.1) is 5.56 Å². The highest BCUT2D eigenvalue weighted by Gasteiger charge is 2.25. The van der Waals surface area contributed by atoms with Gasteiger partial charge in [-0.15, -0.1) is 0 Å². The van der Waals surface area contributed by atoms with E-state index in [4.69, 9.17) is 4.74 Å². The molecule has 0 spiro atoms. The van der Waals surface area contributed by atoms with Crippen molar-refractivity contribution in [1.82, 2.24) is 5.32 Å². The molecule has 2 aromatic carbocycles. The van der Waals surface area contributed by atoms with Gasteiger partial charge in [0.15, 0.2) is 11.9 Å². The van der Waals surface area contributed by atoms with E-state index in [9.17, 15) is 14.4 Å². The van der Waals surface area contributed by atoms with Crippen LogP contribution < -0.4 is 5.32 Å². The molecule has 0 saturated heterocycles. The number of hydrogen-bond acceptors (Lipinski definition) is 4. The number of ketones is 1. The van der Waals surface area contributed by atoms with Crippen LogP contribution in [0.4, 0.5) is 0 Å². The van der Waals surface area contributed by atoms with E-state index in [1.807, 2.05) is 19.1 Å². The molecule has 5 nitrogen and oxygen atoms in total. The molecule has 0 radical (unpaired) electrons. The number of nitrogens with one attached hydrogen (secondary N) is 1. The molecule has 1 amide bonds. The molecule has 0 bridgehead atoms. The second-order valence-corrected chi connectivity index (χ2v) is 7.63. The molecule has 5 heteroatoms. The van der Waals surface area contributed by atoms with Crippen LogP contribution >= 0.6 is 0 Å². The quantitative estimate of drug-likeness (QED) is 0.589. The van der Waals surface area contributed by atoms with Crippen LogP contribution in [0.2, 0.25) is 0 Å². The molecule has 152 valence electrons. The fourth-order valence-electron chi connectivity index (χ4n) is 3.56. The number of aryl methyl sites for hydroxylation is 1. The van der Waals surface area contributed by atoms with E-state index in [-0.39, 0.29) is 28.9 Å². The molecular weight excluding hydrogens is 366 g/mol. The summed E-state index contributed by atoms with van der Waals surface area (Å²) < 4.78 is 5.38. The first-order chi connectivity index (χ1) is 14.0. The standard InChI is InChI=1S/C24H27NO4/c1-16-12-14-18(15-13-16)22(26)20-10-6-7-11-21(20)24(28)29-17(2)23(27)25-19-8-4-3-5-9-19/h6-7,10-15,17,19H,3-5,8-9H2,1-2H3,(H,25,27)/t17-/m1/s1. The first-order valence-corrected chi connectivity index (χ1v) is 10.2. The zero-order chi connectivity index (χ0) is 20.8. The summed E-state index contributed by atoms with van der Waals surface area (Å²) in [5.74, 6) is -1.23. The van der Waals surface area contributed by atoms with Gasteiger partial charge < -0.3 is 10.1 Å². The van der Waals surface area contributed by atoms with Crippen LogP contribution in [0.1, 0.15) is 70.9 Å². The summed E-state index contributed by atoms with van der Waals surface area (Å²) in [6.45, 7) is 3.50. The molecule has 2 aromatic rings. The average molecular weight is 393 g/mol. The van der Waals surface area contributed by atoms with Crippen LogP contribution in [0.15, 0.2) is 48.5 Å². The lowest BCUT2D eigenvalue weighted by molar-refractivity contribution is -0.130. The normalized spacial score (nSPS) is 15.4.